The molecule has 1 amide bonds. The fraction of sp³-hybridized carbons (Fsp3) is 0.909. The molecule has 0 radical (unpaired) electrons. The lowest BCUT2D eigenvalue weighted by molar-refractivity contribution is -0.133. The third kappa shape index (κ3) is 3.47. The SMILES string of the molecule is CCOCC1CCN(C(=O)C(C)CN)C1. The maximum absolute atomic E-state index is 11.8. The zero-order valence-electron chi connectivity index (χ0n) is 9.74. The molecule has 0 aromatic rings. The first-order chi connectivity index (χ1) is 7.19. The normalized spacial score (nSPS) is 23.1. The van der Waals surface area contributed by atoms with Crippen LogP contribution < -0.4 is 5.73 Å². The van der Waals surface area contributed by atoms with Crippen molar-refractivity contribution in [1.29, 1.82) is 0 Å². The van der Waals surface area contributed by atoms with Crippen LogP contribution in [0.2, 0.25) is 0 Å². The number of carbonyl (C=O) groups is 1. The molecule has 2 unspecified atom stereocenters. The summed E-state index contributed by atoms with van der Waals surface area (Å²) < 4.78 is 5.37. The van der Waals surface area contributed by atoms with Gasteiger partial charge in [0.15, 0.2) is 0 Å². The molecule has 0 aliphatic carbocycles. The number of likely N-dealkylation sites (tertiary alicyclic amines) is 1. The van der Waals surface area contributed by atoms with Gasteiger partial charge >= 0.3 is 0 Å². The summed E-state index contributed by atoms with van der Waals surface area (Å²) in [6.45, 7) is 7.54. The van der Waals surface area contributed by atoms with E-state index in [-0.39, 0.29) is 11.8 Å². The molecule has 1 rings (SSSR count). The minimum Gasteiger partial charge on any atom is -0.381 e. The second-order valence-electron chi connectivity index (χ2n) is 4.24. The lowest BCUT2D eigenvalue weighted by Crippen LogP contribution is -2.36. The first-order valence-electron chi connectivity index (χ1n) is 5.75. The van der Waals surface area contributed by atoms with Crippen molar-refractivity contribution in [3.8, 4) is 0 Å². The fourth-order valence-electron chi connectivity index (χ4n) is 1.87. The minimum atomic E-state index is -0.0455. The average Bonchev–Trinajstić information content (AvgIpc) is 2.72. The van der Waals surface area contributed by atoms with Gasteiger partial charge in [-0.05, 0) is 13.3 Å². The van der Waals surface area contributed by atoms with Crippen molar-refractivity contribution in [1.82, 2.24) is 4.90 Å². The third-order valence-electron chi connectivity index (χ3n) is 2.93. The van der Waals surface area contributed by atoms with Crippen molar-refractivity contribution in [2.24, 2.45) is 17.6 Å². The molecule has 1 aliphatic heterocycles. The highest BCUT2D eigenvalue weighted by atomic mass is 16.5. The van der Waals surface area contributed by atoms with Gasteiger partial charge in [0, 0.05) is 38.1 Å². The Labute approximate surface area is 91.8 Å². The Balaban J connectivity index is 2.32. The second kappa shape index (κ2) is 6.08. The molecule has 1 fully saturated rings. The minimum absolute atomic E-state index is 0.0455. The van der Waals surface area contributed by atoms with Crippen LogP contribution in [0.25, 0.3) is 0 Å². The molecule has 4 nitrogen and oxygen atoms in total. The number of ether oxygens (including phenoxy) is 1. The zero-order valence-corrected chi connectivity index (χ0v) is 9.74. The van der Waals surface area contributed by atoms with E-state index in [2.05, 4.69) is 0 Å². The molecular weight excluding hydrogens is 192 g/mol. The van der Waals surface area contributed by atoms with Gasteiger partial charge in [-0.1, -0.05) is 6.92 Å². The van der Waals surface area contributed by atoms with Crippen molar-refractivity contribution in [3.63, 3.8) is 0 Å². The predicted molar refractivity (Wildman–Crippen MR) is 59.4 cm³/mol. The number of carbonyl (C=O) groups excluding carboxylic acids is 1. The fourth-order valence-corrected chi connectivity index (χ4v) is 1.87. The summed E-state index contributed by atoms with van der Waals surface area (Å²) >= 11 is 0. The average molecular weight is 214 g/mol. The molecule has 0 spiro atoms. The van der Waals surface area contributed by atoms with Crippen LogP contribution in [0.5, 0.6) is 0 Å². The molecule has 1 heterocycles. The summed E-state index contributed by atoms with van der Waals surface area (Å²) in [4.78, 5) is 13.7. The Hall–Kier alpha value is -0.610. The topological polar surface area (TPSA) is 55.6 Å². The van der Waals surface area contributed by atoms with Gasteiger partial charge in [-0.2, -0.15) is 0 Å². The molecule has 4 heteroatoms. The predicted octanol–water partition coefficient (Wildman–Crippen LogP) is 0.466. The van der Waals surface area contributed by atoms with Crippen LogP contribution >= 0.6 is 0 Å². The van der Waals surface area contributed by atoms with E-state index in [4.69, 9.17) is 10.5 Å². The van der Waals surface area contributed by atoms with E-state index in [0.29, 0.717) is 12.5 Å². The van der Waals surface area contributed by atoms with Crippen molar-refractivity contribution < 1.29 is 9.53 Å². The largest absolute Gasteiger partial charge is 0.381 e. The van der Waals surface area contributed by atoms with E-state index in [1.54, 1.807) is 0 Å². The molecule has 0 bridgehead atoms. The van der Waals surface area contributed by atoms with Crippen molar-refractivity contribution in [3.05, 3.63) is 0 Å². The molecule has 2 N–H and O–H groups in total. The Morgan fingerprint density at radius 1 is 1.67 bits per heavy atom. The Kier molecular flexibility index (Phi) is 5.05. The second-order valence-corrected chi connectivity index (χ2v) is 4.24. The highest BCUT2D eigenvalue weighted by Gasteiger charge is 2.28. The first-order valence-corrected chi connectivity index (χ1v) is 5.75. The summed E-state index contributed by atoms with van der Waals surface area (Å²) in [5.41, 5.74) is 5.48. The number of hydrogen-bond acceptors (Lipinski definition) is 3. The molecule has 1 aliphatic rings. The number of amides is 1. The van der Waals surface area contributed by atoms with E-state index in [9.17, 15) is 4.79 Å². The molecule has 0 aromatic heterocycles. The summed E-state index contributed by atoms with van der Waals surface area (Å²) in [6, 6.07) is 0. The monoisotopic (exact) mass is 214 g/mol. The van der Waals surface area contributed by atoms with Crippen LogP contribution in [0.1, 0.15) is 20.3 Å². The summed E-state index contributed by atoms with van der Waals surface area (Å²) in [5, 5.41) is 0. The maximum atomic E-state index is 11.8. The van der Waals surface area contributed by atoms with Crippen molar-refractivity contribution in [2.45, 2.75) is 20.3 Å². The van der Waals surface area contributed by atoms with E-state index in [1.807, 2.05) is 18.7 Å². The van der Waals surface area contributed by atoms with Crippen molar-refractivity contribution >= 4 is 5.91 Å². The van der Waals surface area contributed by atoms with Gasteiger partial charge in [0.2, 0.25) is 5.91 Å². The lowest BCUT2D eigenvalue weighted by Gasteiger charge is -2.20. The van der Waals surface area contributed by atoms with E-state index < -0.39 is 0 Å². The van der Waals surface area contributed by atoms with Crippen LogP contribution in [0.3, 0.4) is 0 Å². The van der Waals surface area contributed by atoms with Crippen molar-refractivity contribution in [2.75, 3.05) is 32.8 Å². The number of hydrogen-bond donors (Lipinski definition) is 1. The van der Waals surface area contributed by atoms with Crippen LogP contribution in [0, 0.1) is 11.8 Å². The van der Waals surface area contributed by atoms with Gasteiger partial charge in [-0.15, -0.1) is 0 Å². The summed E-state index contributed by atoms with van der Waals surface area (Å²) in [7, 11) is 0. The van der Waals surface area contributed by atoms with E-state index in [0.717, 1.165) is 32.7 Å². The van der Waals surface area contributed by atoms with Crippen LogP contribution in [0.15, 0.2) is 0 Å². The highest BCUT2D eigenvalue weighted by molar-refractivity contribution is 5.78. The van der Waals surface area contributed by atoms with Gasteiger partial charge in [0.25, 0.3) is 0 Å². The number of nitrogens with zero attached hydrogens (tertiary/aromatic N) is 1. The summed E-state index contributed by atoms with van der Waals surface area (Å²) in [6.07, 6.45) is 1.06. The molecule has 0 aromatic carbocycles. The number of rotatable bonds is 5. The Morgan fingerprint density at radius 2 is 2.40 bits per heavy atom. The van der Waals surface area contributed by atoms with E-state index >= 15 is 0 Å². The highest BCUT2D eigenvalue weighted by Crippen LogP contribution is 2.18. The molecular formula is C11H22N2O2. The van der Waals surface area contributed by atoms with Gasteiger partial charge in [-0.25, -0.2) is 0 Å². The van der Waals surface area contributed by atoms with Crippen LogP contribution in [-0.2, 0) is 9.53 Å². The maximum Gasteiger partial charge on any atom is 0.226 e. The van der Waals surface area contributed by atoms with E-state index in [1.165, 1.54) is 0 Å². The Bertz CT molecular complexity index is 209. The molecule has 15 heavy (non-hydrogen) atoms. The van der Waals surface area contributed by atoms with Gasteiger partial charge in [-0.3, -0.25) is 4.79 Å². The summed E-state index contributed by atoms with van der Waals surface area (Å²) in [5.74, 6) is 0.659. The quantitative estimate of drug-likeness (QED) is 0.723. The molecule has 1 saturated heterocycles. The lowest BCUT2D eigenvalue weighted by atomic mass is 10.1. The van der Waals surface area contributed by atoms with Crippen LogP contribution in [0.4, 0.5) is 0 Å². The van der Waals surface area contributed by atoms with Gasteiger partial charge in [0.05, 0.1) is 6.61 Å². The molecule has 88 valence electrons. The first kappa shape index (κ1) is 12.5. The smallest absolute Gasteiger partial charge is 0.226 e. The Morgan fingerprint density at radius 3 is 3.00 bits per heavy atom. The number of nitrogens with two attached hydrogens (primary N) is 1. The molecule has 2 atom stereocenters. The van der Waals surface area contributed by atoms with Crippen LogP contribution in [-0.4, -0.2) is 43.7 Å². The van der Waals surface area contributed by atoms with Gasteiger partial charge in [0.1, 0.15) is 0 Å². The third-order valence-corrected chi connectivity index (χ3v) is 2.93. The molecule has 0 saturated carbocycles. The van der Waals surface area contributed by atoms with Gasteiger partial charge < -0.3 is 15.4 Å². The standard InChI is InChI=1S/C11H22N2O2/c1-3-15-8-10-4-5-13(7-10)11(14)9(2)6-12/h9-10H,3-8,12H2,1-2H3. The zero-order chi connectivity index (χ0) is 11.3.